The quantitative estimate of drug-likeness (QED) is 0.931. The van der Waals surface area contributed by atoms with Gasteiger partial charge in [-0.2, -0.15) is 0 Å². The number of hydrogen-bond donors (Lipinski definition) is 1. The van der Waals surface area contributed by atoms with Gasteiger partial charge in [-0.1, -0.05) is 24.3 Å². The van der Waals surface area contributed by atoms with Crippen LogP contribution in [0.1, 0.15) is 28.9 Å². The van der Waals surface area contributed by atoms with Gasteiger partial charge in [0.05, 0.1) is 18.8 Å². The summed E-state index contributed by atoms with van der Waals surface area (Å²) in [7, 11) is 0. The number of ether oxygens (including phenoxy) is 1. The van der Waals surface area contributed by atoms with Crippen molar-refractivity contribution in [3.63, 3.8) is 0 Å². The first-order chi connectivity index (χ1) is 11.6. The van der Waals surface area contributed by atoms with Crippen molar-refractivity contribution in [1.29, 1.82) is 0 Å². The monoisotopic (exact) mass is 329 g/mol. The van der Waals surface area contributed by atoms with Gasteiger partial charge >= 0.3 is 5.97 Å². The van der Waals surface area contributed by atoms with E-state index >= 15 is 0 Å². The Labute approximate surface area is 140 Å². The lowest BCUT2D eigenvalue weighted by Gasteiger charge is -2.32. The number of hydrogen-bond acceptors (Lipinski definition) is 3. The Kier molecular flexibility index (Phi) is 4.92. The van der Waals surface area contributed by atoms with Crippen LogP contribution < -0.4 is 0 Å². The molecular weight excluding hydrogens is 309 g/mol. The van der Waals surface area contributed by atoms with Crippen LogP contribution in [0.15, 0.2) is 42.5 Å². The fraction of sp³-hybridized carbons (Fsp3) is 0.316. The van der Waals surface area contributed by atoms with E-state index in [0.717, 1.165) is 31.9 Å². The standard InChI is InChI=1S/C19H20FNO3/c1-13(21-8-10-24-11-9-21)14-2-4-15(5-3-14)17-12-16(19(22)23)6-7-18(17)20/h2-7,12-13H,8-11H2,1H3,(H,22,23)/t13-/m1/s1. The third kappa shape index (κ3) is 3.47. The Morgan fingerprint density at radius 3 is 2.46 bits per heavy atom. The highest BCUT2D eigenvalue weighted by atomic mass is 19.1. The maximum absolute atomic E-state index is 14.1. The summed E-state index contributed by atoms with van der Waals surface area (Å²) in [4.78, 5) is 13.4. The van der Waals surface area contributed by atoms with Crippen molar-refractivity contribution in [2.75, 3.05) is 26.3 Å². The van der Waals surface area contributed by atoms with Gasteiger partial charge in [-0.25, -0.2) is 9.18 Å². The van der Waals surface area contributed by atoms with Crippen LogP contribution >= 0.6 is 0 Å². The van der Waals surface area contributed by atoms with Crippen molar-refractivity contribution in [3.05, 3.63) is 59.4 Å². The molecule has 1 atom stereocenters. The molecule has 0 unspecified atom stereocenters. The number of halogens is 1. The van der Waals surface area contributed by atoms with Crippen LogP contribution in [0.5, 0.6) is 0 Å². The molecule has 1 aliphatic rings. The summed E-state index contributed by atoms with van der Waals surface area (Å²) in [5.74, 6) is -1.48. The lowest BCUT2D eigenvalue weighted by Crippen LogP contribution is -2.37. The molecule has 0 saturated carbocycles. The Balaban J connectivity index is 1.84. The molecule has 24 heavy (non-hydrogen) atoms. The summed E-state index contributed by atoms with van der Waals surface area (Å²) in [5.41, 5.74) is 2.21. The second kappa shape index (κ2) is 7.11. The van der Waals surface area contributed by atoms with Crippen LogP contribution in [0.2, 0.25) is 0 Å². The van der Waals surface area contributed by atoms with E-state index in [1.807, 2.05) is 24.3 Å². The first kappa shape index (κ1) is 16.6. The number of carboxylic acids is 1. The van der Waals surface area contributed by atoms with Crippen LogP contribution in [0, 0.1) is 5.82 Å². The predicted molar refractivity (Wildman–Crippen MR) is 89.6 cm³/mol. The molecule has 1 fully saturated rings. The zero-order chi connectivity index (χ0) is 17.1. The van der Waals surface area contributed by atoms with Crippen LogP contribution in [0.3, 0.4) is 0 Å². The Morgan fingerprint density at radius 2 is 1.83 bits per heavy atom. The number of carboxylic acid groups (broad SMARTS) is 1. The molecule has 0 spiro atoms. The van der Waals surface area contributed by atoms with E-state index in [1.54, 1.807) is 0 Å². The fourth-order valence-electron chi connectivity index (χ4n) is 3.00. The normalized spacial score (nSPS) is 16.8. The van der Waals surface area contributed by atoms with Crippen molar-refractivity contribution >= 4 is 5.97 Å². The molecule has 1 saturated heterocycles. The Morgan fingerprint density at radius 1 is 1.17 bits per heavy atom. The van der Waals surface area contributed by atoms with Gasteiger partial charge in [-0.05, 0) is 36.2 Å². The van der Waals surface area contributed by atoms with Gasteiger partial charge in [0.25, 0.3) is 0 Å². The molecule has 2 aromatic carbocycles. The van der Waals surface area contributed by atoms with Crippen LogP contribution in [-0.4, -0.2) is 42.3 Å². The maximum Gasteiger partial charge on any atom is 0.335 e. The Hall–Kier alpha value is -2.24. The van der Waals surface area contributed by atoms with Crippen molar-refractivity contribution in [2.24, 2.45) is 0 Å². The highest BCUT2D eigenvalue weighted by Gasteiger charge is 2.18. The fourth-order valence-corrected chi connectivity index (χ4v) is 3.00. The molecule has 2 aromatic rings. The van der Waals surface area contributed by atoms with Crippen molar-refractivity contribution in [3.8, 4) is 11.1 Å². The lowest BCUT2D eigenvalue weighted by molar-refractivity contribution is 0.0198. The topological polar surface area (TPSA) is 49.8 Å². The minimum atomic E-state index is -1.06. The molecule has 0 radical (unpaired) electrons. The van der Waals surface area contributed by atoms with E-state index in [4.69, 9.17) is 9.84 Å². The van der Waals surface area contributed by atoms with E-state index in [9.17, 15) is 9.18 Å². The third-order valence-corrected chi connectivity index (χ3v) is 4.51. The number of nitrogens with zero attached hydrogens (tertiary/aromatic N) is 1. The third-order valence-electron chi connectivity index (χ3n) is 4.51. The largest absolute Gasteiger partial charge is 0.478 e. The van der Waals surface area contributed by atoms with Gasteiger partial charge in [-0.3, -0.25) is 4.90 Å². The molecule has 0 amide bonds. The van der Waals surface area contributed by atoms with E-state index in [2.05, 4.69) is 11.8 Å². The number of aromatic carboxylic acids is 1. The molecule has 3 rings (SSSR count). The van der Waals surface area contributed by atoms with E-state index in [-0.39, 0.29) is 11.6 Å². The van der Waals surface area contributed by atoms with Crippen LogP contribution in [0.4, 0.5) is 4.39 Å². The molecule has 4 nitrogen and oxygen atoms in total. The number of morpholine rings is 1. The van der Waals surface area contributed by atoms with Gasteiger partial charge in [0.1, 0.15) is 5.82 Å². The van der Waals surface area contributed by atoms with Crippen LogP contribution in [0.25, 0.3) is 11.1 Å². The molecule has 5 heteroatoms. The summed E-state index contributed by atoms with van der Waals surface area (Å²) in [6.45, 7) is 5.44. The summed E-state index contributed by atoms with van der Waals surface area (Å²) < 4.78 is 19.4. The minimum absolute atomic E-state index is 0.0807. The van der Waals surface area contributed by atoms with Crippen LogP contribution in [-0.2, 0) is 4.74 Å². The zero-order valence-electron chi connectivity index (χ0n) is 13.5. The van der Waals surface area contributed by atoms with Crippen molar-refractivity contribution in [1.82, 2.24) is 4.90 Å². The molecule has 0 aliphatic carbocycles. The lowest BCUT2D eigenvalue weighted by atomic mass is 9.99. The van der Waals surface area contributed by atoms with Gasteiger partial charge in [0, 0.05) is 24.7 Å². The zero-order valence-corrected chi connectivity index (χ0v) is 13.5. The van der Waals surface area contributed by atoms with Crippen molar-refractivity contribution < 1.29 is 19.0 Å². The highest BCUT2D eigenvalue weighted by molar-refractivity contribution is 5.89. The number of benzene rings is 2. The average Bonchev–Trinajstić information content (AvgIpc) is 2.62. The average molecular weight is 329 g/mol. The molecule has 126 valence electrons. The van der Waals surface area contributed by atoms with Crippen molar-refractivity contribution in [2.45, 2.75) is 13.0 Å². The van der Waals surface area contributed by atoms with E-state index < -0.39 is 11.8 Å². The van der Waals surface area contributed by atoms with Gasteiger partial charge in [0.2, 0.25) is 0 Å². The maximum atomic E-state index is 14.1. The van der Waals surface area contributed by atoms with Gasteiger partial charge in [0.15, 0.2) is 0 Å². The Bertz CT molecular complexity index is 724. The molecule has 0 bridgehead atoms. The van der Waals surface area contributed by atoms with Gasteiger partial charge < -0.3 is 9.84 Å². The predicted octanol–water partition coefficient (Wildman–Crippen LogP) is 3.58. The molecule has 1 N–H and O–H groups in total. The smallest absolute Gasteiger partial charge is 0.335 e. The first-order valence-electron chi connectivity index (χ1n) is 8.01. The molecule has 1 heterocycles. The summed E-state index contributed by atoms with van der Waals surface area (Å²) in [6, 6.07) is 11.7. The van der Waals surface area contributed by atoms with E-state index in [0.29, 0.717) is 11.1 Å². The minimum Gasteiger partial charge on any atom is -0.478 e. The highest BCUT2D eigenvalue weighted by Crippen LogP contribution is 2.27. The molecular formula is C19H20FNO3. The molecule has 1 aliphatic heterocycles. The first-order valence-corrected chi connectivity index (χ1v) is 8.01. The SMILES string of the molecule is C[C@H](c1ccc(-c2cc(C(=O)O)ccc2F)cc1)N1CCOCC1. The molecule has 0 aromatic heterocycles. The van der Waals surface area contributed by atoms with Gasteiger partial charge in [-0.15, -0.1) is 0 Å². The number of carbonyl (C=O) groups is 1. The second-order valence-electron chi connectivity index (χ2n) is 5.95. The summed E-state index contributed by atoms with van der Waals surface area (Å²) in [6.07, 6.45) is 0. The van der Waals surface area contributed by atoms with E-state index in [1.165, 1.54) is 18.2 Å². The summed E-state index contributed by atoms with van der Waals surface area (Å²) in [5, 5.41) is 9.07. The summed E-state index contributed by atoms with van der Waals surface area (Å²) >= 11 is 0. The number of rotatable bonds is 4. The second-order valence-corrected chi connectivity index (χ2v) is 5.95.